The minimum absolute atomic E-state index is 0.120. The highest BCUT2D eigenvalue weighted by Gasteiger charge is 2.37. The predicted octanol–water partition coefficient (Wildman–Crippen LogP) is 3.65. The highest BCUT2D eigenvalue weighted by atomic mass is 32.1. The summed E-state index contributed by atoms with van der Waals surface area (Å²) < 4.78 is 39.1. The van der Waals surface area contributed by atoms with Gasteiger partial charge < -0.3 is 5.32 Å². The third-order valence-electron chi connectivity index (χ3n) is 2.76. The van der Waals surface area contributed by atoms with Gasteiger partial charge in [0.1, 0.15) is 0 Å². The highest BCUT2D eigenvalue weighted by molar-refractivity contribution is 7.11. The summed E-state index contributed by atoms with van der Waals surface area (Å²) in [4.78, 5) is 7.97. The Morgan fingerprint density at radius 3 is 2.67 bits per heavy atom. The molecule has 0 saturated carbocycles. The standard InChI is InChI=1S/C14H16F3N3S/c1-9(2)19-8-11-13(14(15,16)17)20-12(21-11)6-10-4-3-5-18-7-10/h3-5,7,9,19H,6,8H2,1-2H3. The van der Waals surface area contributed by atoms with E-state index in [1.807, 2.05) is 19.9 Å². The molecule has 0 atom stereocenters. The van der Waals surface area contributed by atoms with E-state index >= 15 is 0 Å². The Balaban J connectivity index is 2.23. The molecule has 2 aromatic heterocycles. The van der Waals surface area contributed by atoms with E-state index < -0.39 is 11.9 Å². The summed E-state index contributed by atoms with van der Waals surface area (Å²) in [5, 5.41) is 3.46. The molecule has 0 spiro atoms. The van der Waals surface area contributed by atoms with Crippen molar-refractivity contribution in [1.82, 2.24) is 15.3 Å². The summed E-state index contributed by atoms with van der Waals surface area (Å²) in [6.07, 6.45) is -0.786. The van der Waals surface area contributed by atoms with Crippen LogP contribution in [0.5, 0.6) is 0 Å². The molecule has 0 aliphatic rings. The topological polar surface area (TPSA) is 37.8 Å². The van der Waals surface area contributed by atoms with Crippen LogP contribution in [0.3, 0.4) is 0 Å². The number of pyridine rings is 1. The molecular weight excluding hydrogens is 299 g/mol. The summed E-state index contributed by atoms with van der Waals surface area (Å²) in [5.74, 6) is 0. The van der Waals surface area contributed by atoms with Crippen LogP contribution in [-0.4, -0.2) is 16.0 Å². The van der Waals surface area contributed by atoms with Gasteiger partial charge in [0.2, 0.25) is 0 Å². The lowest BCUT2D eigenvalue weighted by Crippen LogP contribution is -2.23. The van der Waals surface area contributed by atoms with Crippen molar-refractivity contribution in [1.29, 1.82) is 0 Å². The van der Waals surface area contributed by atoms with Crippen molar-refractivity contribution in [3.63, 3.8) is 0 Å². The number of rotatable bonds is 5. The Labute approximate surface area is 125 Å². The van der Waals surface area contributed by atoms with Crippen molar-refractivity contribution >= 4 is 11.3 Å². The fraction of sp³-hybridized carbons (Fsp3) is 0.429. The first kappa shape index (κ1) is 15.9. The van der Waals surface area contributed by atoms with Crippen LogP contribution in [0.15, 0.2) is 24.5 Å². The van der Waals surface area contributed by atoms with Gasteiger partial charge in [-0.2, -0.15) is 13.2 Å². The zero-order valence-electron chi connectivity index (χ0n) is 11.7. The number of nitrogens with one attached hydrogen (secondary N) is 1. The van der Waals surface area contributed by atoms with E-state index in [2.05, 4.69) is 15.3 Å². The molecule has 3 nitrogen and oxygen atoms in total. The molecule has 114 valence electrons. The number of alkyl halides is 3. The monoisotopic (exact) mass is 315 g/mol. The van der Waals surface area contributed by atoms with Crippen LogP contribution in [0, 0.1) is 0 Å². The van der Waals surface area contributed by atoms with E-state index in [0.29, 0.717) is 11.4 Å². The molecule has 21 heavy (non-hydrogen) atoms. The molecule has 0 amide bonds. The molecule has 1 N–H and O–H groups in total. The smallest absolute Gasteiger partial charge is 0.310 e. The Kier molecular flexibility index (Phi) is 4.95. The lowest BCUT2D eigenvalue weighted by molar-refractivity contribution is -0.141. The van der Waals surface area contributed by atoms with Gasteiger partial charge in [0.15, 0.2) is 5.69 Å². The van der Waals surface area contributed by atoms with Crippen molar-refractivity contribution in [3.05, 3.63) is 45.7 Å². The molecular formula is C14H16F3N3S. The summed E-state index contributed by atoms with van der Waals surface area (Å²) in [6, 6.07) is 3.71. The lowest BCUT2D eigenvalue weighted by Gasteiger charge is -2.09. The zero-order chi connectivity index (χ0) is 15.5. The molecule has 0 aliphatic heterocycles. The largest absolute Gasteiger partial charge is 0.434 e. The van der Waals surface area contributed by atoms with Crippen molar-refractivity contribution in [2.24, 2.45) is 0 Å². The van der Waals surface area contributed by atoms with E-state index in [1.54, 1.807) is 18.5 Å². The predicted molar refractivity (Wildman–Crippen MR) is 76.1 cm³/mol. The fourth-order valence-electron chi connectivity index (χ4n) is 1.79. The second-order valence-corrected chi connectivity index (χ2v) is 6.12. The van der Waals surface area contributed by atoms with E-state index in [9.17, 15) is 13.2 Å². The van der Waals surface area contributed by atoms with Crippen LogP contribution in [-0.2, 0) is 19.1 Å². The zero-order valence-corrected chi connectivity index (χ0v) is 12.6. The average molecular weight is 315 g/mol. The van der Waals surface area contributed by atoms with Gasteiger partial charge >= 0.3 is 6.18 Å². The molecule has 2 aromatic rings. The van der Waals surface area contributed by atoms with E-state index in [-0.39, 0.29) is 17.5 Å². The molecule has 0 saturated heterocycles. The number of thiazole rings is 1. The quantitative estimate of drug-likeness (QED) is 0.915. The van der Waals surface area contributed by atoms with Crippen LogP contribution >= 0.6 is 11.3 Å². The van der Waals surface area contributed by atoms with E-state index in [0.717, 1.165) is 16.9 Å². The van der Waals surface area contributed by atoms with E-state index in [1.165, 1.54) is 0 Å². The first-order chi connectivity index (χ1) is 9.86. The third-order valence-corrected chi connectivity index (χ3v) is 3.81. The number of aromatic nitrogens is 2. The van der Waals surface area contributed by atoms with Crippen molar-refractivity contribution in [3.8, 4) is 0 Å². The van der Waals surface area contributed by atoms with Crippen molar-refractivity contribution in [2.75, 3.05) is 0 Å². The van der Waals surface area contributed by atoms with E-state index in [4.69, 9.17) is 0 Å². The van der Waals surface area contributed by atoms with Gasteiger partial charge in [-0.15, -0.1) is 11.3 Å². The normalized spacial score (nSPS) is 12.1. The average Bonchev–Trinajstić information content (AvgIpc) is 2.80. The van der Waals surface area contributed by atoms with Crippen LogP contribution in [0.2, 0.25) is 0 Å². The summed E-state index contributed by atoms with van der Waals surface area (Å²) in [7, 11) is 0. The molecule has 7 heteroatoms. The van der Waals surface area contributed by atoms with Crippen LogP contribution in [0.25, 0.3) is 0 Å². The minimum Gasteiger partial charge on any atom is -0.310 e. The lowest BCUT2D eigenvalue weighted by atomic mass is 10.2. The molecule has 0 radical (unpaired) electrons. The van der Waals surface area contributed by atoms with Gasteiger partial charge in [-0.25, -0.2) is 4.98 Å². The molecule has 0 bridgehead atoms. The maximum Gasteiger partial charge on any atom is 0.434 e. The first-order valence-corrected chi connectivity index (χ1v) is 7.36. The summed E-state index contributed by atoms with van der Waals surface area (Å²) in [6.45, 7) is 3.97. The van der Waals surface area contributed by atoms with Gasteiger partial charge in [0, 0.05) is 31.4 Å². The molecule has 0 fully saturated rings. The Morgan fingerprint density at radius 2 is 2.10 bits per heavy atom. The summed E-state index contributed by atoms with van der Waals surface area (Å²) in [5.41, 5.74) is 0.0721. The maximum absolute atomic E-state index is 13.0. The van der Waals surface area contributed by atoms with Gasteiger partial charge in [-0.1, -0.05) is 19.9 Å². The van der Waals surface area contributed by atoms with Gasteiger partial charge in [-0.3, -0.25) is 4.98 Å². The SMILES string of the molecule is CC(C)NCc1sc(Cc2cccnc2)nc1C(F)(F)F. The number of hydrogen-bond donors (Lipinski definition) is 1. The Bertz CT molecular complexity index is 579. The number of nitrogens with zero attached hydrogens (tertiary/aromatic N) is 2. The number of halogens is 3. The maximum atomic E-state index is 13.0. The van der Waals surface area contributed by atoms with Crippen LogP contribution in [0.1, 0.15) is 35.0 Å². The first-order valence-electron chi connectivity index (χ1n) is 6.54. The van der Waals surface area contributed by atoms with Gasteiger partial charge in [0.05, 0.1) is 9.88 Å². The second-order valence-electron chi connectivity index (χ2n) is 4.95. The molecule has 0 aliphatic carbocycles. The third kappa shape index (κ3) is 4.50. The Morgan fingerprint density at radius 1 is 1.33 bits per heavy atom. The van der Waals surface area contributed by atoms with Crippen LogP contribution in [0.4, 0.5) is 13.2 Å². The molecule has 0 aromatic carbocycles. The van der Waals surface area contributed by atoms with Crippen LogP contribution < -0.4 is 5.32 Å². The number of hydrogen-bond acceptors (Lipinski definition) is 4. The fourth-order valence-corrected chi connectivity index (χ4v) is 2.87. The molecule has 2 heterocycles. The summed E-state index contributed by atoms with van der Waals surface area (Å²) >= 11 is 1.10. The molecule has 0 unspecified atom stereocenters. The van der Waals surface area contributed by atoms with Gasteiger partial charge in [-0.05, 0) is 11.6 Å². The second kappa shape index (κ2) is 6.53. The van der Waals surface area contributed by atoms with Crippen molar-refractivity contribution in [2.45, 2.75) is 39.0 Å². The molecule has 2 rings (SSSR count). The van der Waals surface area contributed by atoms with Crippen molar-refractivity contribution < 1.29 is 13.2 Å². The van der Waals surface area contributed by atoms with Gasteiger partial charge in [0.25, 0.3) is 0 Å². The Hall–Kier alpha value is -1.47. The highest BCUT2D eigenvalue weighted by Crippen LogP contribution is 2.35. The minimum atomic E-state index is -4.42.